The Morgan fingerprint density at radius 3 is 2.87 bits per heavy atom. The van der Waals surface area contributed by atoms with Gasteiger partial charge in [0.05, 0.1) is 26.2 Å². The topological polar surface area (TPSA) is 80.6 Å². The Hall–Kier alpha value is -2.60. The van der Waals surface area contributed by atoms with Crippen LogP contribution in [0.3, 0.4) is 0 Å². The monoisotopic (exact) mass is 316 g/mol. The van der Waals surface area contributed by atoms with Gasteiger partial charge in [-0.25, -0.2) is 0 Å². The van der Waals surface area contributed by atoms with E-state index in [0.29, 0.717) is 5.75 Å². The summed E-state index contributed by atoms with van der Waals surface area (Å²) in [4.78, 5) is 23.5. The number of amides is 1. The van der Waals surface area contributed by atoms with Gasteiger partial charge in [0.15, 0.2) is 0 Å². The summed E-state index contributed by atoms with van der Waals surface area (Å²) in [6.45, 7) is 0.225. The van der Waals surface area contributed by atoms with E-state index >= 15 is 0 Å². The van der Waals surface area contributed by atoms with Crippen LogP contribution in [0, 0.1) is 0 Å². The van der Waals surface area contributed by atoms with Crippen LogP contribution in [0.1, 0.15) is 5.56 Å². The molecule has 2 rings (SSSR count). The van der Waals surface area contributed by atoms with Gasteiger partial charge in [0, 0.05) is 18.8 Å². The first-order valence-corrected chi connectivity index (χ1v) is 7.31. The summed E-state index contributed by atoms with van der Waals surface area (Å²) in [6, 6.07) is 12.0. The summed E-state index contributed by atoms with van der Waals surface area (Å²) >= 11 is 0. The van der Waals surface area contributed by atoms with Crippen molar-refractivity contribution >= 4 is 5.91 Å². The number of ether oxygens (including phenoxy) is 1. The fourth-order valence-corrected chi connectivity index (χ4v) is 2.17. The number of hydrogen-bond donors (Lipinski definition) is 2. The lowest BCUT2D eigenvalue weighted by Crippen LogP contribution is -2.37. The van der Waals surface area contributed by atoms with E-state index in [4.69, 9.17) is 4.74 Å². The molecule has 1 heterocycles. The third kappa shape index (κ3) is 5.27. The fraction of sp³-hybridized carbons (Fsp3) is 0.294. The number of carbonyl (C=O) groups excluding carboxylic acids is 1. The summed E-state index contributed by atoms with van der Waals surface area (Å²) in [7, 11) is 1.57. The second-order valence-corrected chi connectivity index (χ2v) is 5.18. The summed E-state index contributed by atoms with van der Waals surface area (Å²) in [5.74, 6) is 0.497. The predicted molar refractivity (Wildman–Crippen MR) is 86.4 cm³/mol. The van der Waals surface area contributed by atoms with Crippen molar-refractivity contribution in [3.05, 3.63) is 64.6 Å². The van der Waals surface area contributed by atoms with E-state index in [1.165, 1.54) is 10.6 Å². The highest BCUT2D eigenvalue weighted by Gasteiger charge is 2.09. The van der Waals surface area contributed by atoms with Crippen LogP contribution in [0.15, 0.2) is 53.5 Å². The SMILES string of the molecule is COc1cccc(CC(=O)NCC(O)Cn2ccccc2=O)c1. The average Bonchev–Trinajstić information content (AvgIpc) is 2.55. The van der Waals surface area contributed by atoms with Gasteiger partial charge in [0.1, 0.15) is 5.75 Å². The number of aliphatic hydroxyl groups is 1. The summed E-state index contributed by atoms with van der Waals surface area (Å²) in [6.07, 6.45) is 0.975. The molecular formula is C17H20N2O4. The van der Waals surface area contributed by atoms with E-state index in [1.54, 1.807) is 31.5 Å². The van der Waals surface area contributed by atoms with E-state index in [0.717, 1.165) is 5.56 Å². The van der Waals surface area contributed by atoms with Crippen molar-refractivity contribution in [1.82, 2.24) is 9.88 Å². The highest BCUT2D eigenvalue weighted by atomic mass is 16.5. The second-order valence-electron chi connectivity index (χ2n) is 5.18. The number of benzene rings is 1. The van der Waals surface area contributed by atoms with Crippen molar-refractivity contribution in [3.63, 3.8) is 0 Å². The van der Waals surface area contributed by atoms with Gasteiger partial charge in [-0.3, -0.25) is 9.59 Å². The van der Waals surface area contributed by atoms with Crippen molar-refractivity contribution in [2.75, 3.05) is 13.7 Å². The van der Waals surface area contributed by atoms with Crippen LogP contribution >= 0.6 is 0 Å². The zero-order chi connectivity index (χ0) is 16.7. The second kappa shape index (κ2) is 8.14. The van der Waals surface area contributed by atoms with Gasteiger partial charge in [-0.15, -0.1) is 0 Å². The molecule has 23 heavy (non-hydrogen) atoms. The molecule has 1 unspecified atom stereocenters. The molecule has 0 fully saturated rings. The Balaban J connectivity index is 1.81. The molecule has 122 valence electrons. The quantitative estimate of drug-likeness (QED) is 0.783. The number of methoxy groups -OCH3 is 1. The number of hydrogen-bond acceptors (Lipinski definition) is 4. The maximum Gasteiger partial charge on any atom is 0.250 e. The lowest BCUT2D eigenvalue weighted by molar-refractivity contribution is -0.120. The minimum absolute atomic E-state index is 0.0874. The highest BCUT2D eigenvalue weighted by molar-refractivity contribution is 5.78. The zero-order valence-electron chi connectivity index (χ0n) is 12.9. The van der Waals surface area contributed by atoms with Crippen LogP contribution in [0.25, 0.3) is 0 Å². The fourth-order valence-electron chi connectivity index (χ4n) is 2.17. The molecule has 2 aromatic rings. The zero-order valence-corrected chi connectivity index (χ0v) is 12.9. The number of aliphatic hydroxyl groups excluding tert-OH is 1. The predicted octanol–water partition coefficient (Wildman–Crippen LogP) is 0.577. The molecule has 1 aromatic carbocycles. The molecule has 1 aromatic heterocycles. The van der Waals surface area contributed by atoms with Gasteiger partial charge < -0.3 is 19.7 Å². The van der Waals surface area contributed by atoms with Crippen molar-refractivity contribution in [2.24, 2.45) is 0 Å². The van der Waals surface area contributed by atoms with Crippen molar-refractivity contribution in [2.45, 2.75) is 19.1 Å². The van der Waals surface area contributed by atoms with Gasteiger partial charge in [-0.05, 0) is 23.8 Å². The Bertz CT molecular complexity index is 711. The lowest BCUT2D eigenvalue weighted by atomic mass is 10.1. The van der Waals surface area contributed by atoms with Crippen LogP contribution in [-0.2, 0) is 17.8 Å². The molecule has 0 spiro atoms. The van der Waals surface area contributed by atoms with E-state index in [2.05, 4.69) is 5.32 Å². The highest BCUT2D eigenvalue weighted by Crippen LogP contribution is 2.12. The number of nitrogens with one attached hydrogen (secondary N) is 1. The number of aromatic nitrogens is 1. The maximum absolute atomic E-state index is 11.9. The van der Waals surface area contributed by atoms with Crippen molar-refractivity contribution in [1.29, 1.82) is 0 Å². The molecule has 0 radical (unpaired) electrons. The number of pyridine rings is 1. The third-order valence-corrected chi connectivity index (χ3v) is 3.34. The molecule has 6 heteroatoms. The molecule has 0 bridgehead atoms. The Morgan fingerprint density at radius 1 is 1.30 bits per heavy atom. The molecular weight excluding hydrogens is 296 g/mol. The van der Waals surface area contributed by atoms with E-state index in [9.17, 15) is 14.7 Å². The van der Waals surface area contributed by atoms with Gasteiger partial charge in [0.25, 0.3) is 5.56 Å². The smallest absolute Gasteiger partial charge is 0.250 e. The maximum atomic E-state index is 11.9. The first-order valence-electron chi connectivity index (χ1n) is 7.31. The summed E-state index contributed by atoms with van der Waals surface area (Å²) < 4.78 is 6.51. The molecule has 0 saturated heterocycles. The van der Waals surface area contributed by atoms with Crippen LogP contribution in [0.4, 0.5) is 0 Å². The number of carbonyl (C=O) groups is 1. The van der Waals surface area contributed by atoms with Gasteiger partial charge >= 0.3 is 0 Å². The summed E-state index contributed by atoms with van der Waals surface area (Å²) in [5.41, 5.74) is 0.643. The number of nitrogens with zero attached hydrogens (tertiary/aromatic N) is 1. The van der Waals surface area contributed by atoms with Crippen molar-refractivity contribution in [3.8, 4) is 5.75 Å². The minimum atomic E-state index is -0.829. The molecule has 0 saturated carbocycles. The Kier molecular flexibility index (Phi) is 5.94. The average molecular weight is 316 g/mol. The van der Waals surface area contributed by atoms with Crippen molar-refractivity contribution < 1.29 is 14.6 Å². The van der Waals surface area contributed by atoms with E-state index < -0.39 is 6.10 Å². The van der Waals surface area contributed by atoms with Crippen LogP contribution in [-0.4, -0.2) is 35.3 Å². The third-order valence-electron chi connectivity index (χ3n) is 3.34. The van der Waals surface area contributed by atoms with Gasteiger partial charge in [-0.2, -0.15) is 0 Å². The van der Waals surface area contributed by atoms with Gasteiger partial charge in [0.2, 0.25) is 5.91 Å². The Morgan fingerprint density at radius 2 is 2.13 bits per heavy atom. The molecule has 6 nitrogen and oxygen atoms in total. The minimum Gasteiger partial charge on any atom is -0.497 e. The van der Waals surface area contributed by atoms with E-state index in [-0.39, 0.29) is 31.0 Å². The lowest BCUT2D eigenvalue weighted by Gasteiger charge is -2.13. The van der Waals surface area contributed by atoms with Crippen LogP contribution in [0.5, 0.6) is 5.75 Å². The molecule has 0 aliphatic heterocycles. The first kappa shape index (κ1) is 16.8. The molecule has 0 aliphatic carbocycles. The molecule has 2 N–H and O–H groups in total. The number of rotatable bonds is 7. The van der Waals surface area contributed by atoms with Gasteiger partial charge in [-0.1, -0.05) is 18.2 Å². The van der Waals surface area contributed by atoms with Crippen LogP contribution < -0.4 is 15.6 Å². The normalized spacial score (nSPS) is 11.7. The largest absolute Gasteiger partial charge is 0.497 e. The molecule has 0 aliphatic rings. The Labute approximate surface area is 134 Å². The summed E-state index contributed by atoms with van der Waals surface area (Å²) in [5, 5.41) is 12.6. The van der Waals surface area contributed by atoms with E-state index in [1.807, 2.05) is 18.2 Å². The standard InChI is InChI=1S/C17H20N2O4/c1-23-15-6-4-5-13(9-15)10-16(21)18-11-14(20)12-19-8-3-2-7-17(19)22/h2-9,14,20H,10-12H2,1H3,(H,18,21). The van der Waals surface area contributed by atoms with Crippen LogP contribution in [0.2, 0.25) is 0 Å². The first-order chi connectivity index (χ1) is 11.1. The molecule has 1 atom stereocenters. The molecule has 1 amide bonds.